The smallest absolute Gasteiger partial charge is 0.353 e. The molecule has 0 aliphatic rings. The van der Waals surface area contributed by atoms with E-state index in [2.05, 4.69) is 10.3 Å². The first-order chi connectivity index (χ1) is 13.3. The van der Waals surface area contributed by atoms with Crippen molar-refractivity contribution in [2.75, 3.05) is 41.1 Å². The zero-order valence-corrected chi connectivity index (χ0v) is 16.6. The van der Waals surface area contributed by atoms with E-state index in [4.69, 9.17) is 18.5 Å². The Morgan fingerprint density at radius 3 is 2.61 bits per heavy atom. The summed E-state index contributed by atoms with van der Waals surface area (Å²) in [6.07, 6.45) is 0.296. The van der Waals surface area contributed by atoms with Crippen molar-refractivity contribution >= 4 is 13.5 Å². The zero-order valence-electron chi connectivity index (χ0n) is 15.7. The number of rotatable bonds is 12. The molecule has 0 saturated heterocycles. The largest absolute Gasteiger partial charge is 0.393 e. The van der Waals surface area contributed by atoms with Gasteiger partial charge in [0.2, 0.25) is 5.91 Å². The molecule has 0 aromatic carbocycles. The van der Waals surface area contributed by atoms with E-state index in [9.17, 15) is 24.1 Å². The normalized spacial score (nSPS) is 14.1. The van der Waals surface area contributed by atoms with Crippen molar-refractivity contribution in [3.63, 3.8) is 0 Å². The highest BCUT2D eigenvalue weighted by Crippen LogP contribution is 2.48. The number of hydrogen-bond acceptors (Lipinski definition) is 9. The number of H-pyrrole nitrogens is 1. The van der Waals surface area contributed by atoms with Crippen molar-refractivity contribution < 1.29 is 33.0 Å². The summed E-state index contributed by atoms with van der Waals surface area (Å²) in [5.41, 5.74) is -1.38. The summed E-state index contributed by atoms with van der Waals surface area (Å²) in [7, 11) is 0.330. The van der Waals surface area contributed by atoms with Crippen LogP contribution in [0.5, 0.6) is 0 Å². The summed E-state index contributed by atoms with van der Waals surface area (Å²) in [5, 5.41) is 11.9. The number of amides is 1. The molecule has 158 valence electrons. The van der Waals surface area contributed by atoms with Crippen LogP contribution in [0.3, 0.4) is 0 Å². The molecule has 1 heterocycles. The molecule has 3 N–H and O–H groups in total. The number of nitrogens with zero attached hydrogens (tertiary/aromatic N) is 1. The Morgan fingerprint density at radius 1 is 1.39 bits per heavy atom. The lowest BCUT2D eigenvalue weighted by atomic mass is 10.3. The second kappa shape index (κ2) is 11.7. The molecule has 1 aromatic rings. The van der Waals surface area contributed by atoms with Crippen molar-refractivity contribution in [2.45, 2.75) is 12.3 Å². The lowest BCUT2D eigenvalue weighted by Crippen LogP contribution is -2.37. The lowest BCUT2D eigenvalue weighted by molar-refractivity contribution is -0.131. The minimum atomic E-state index is -3.49. The van der Waals surface area contributed by atoms with E-state index in [0.29, 0.717) is 0 Å². The van der Waals surface area contributed by atoms with Crippen LogP contribution >= 0.6 is 7.60 Å². The Kier molecular flexibility index (Phi) is 10.0. The van der Waals surface area contributed by atoms with Crippen LogP contribution in [-0.2, 0) is 27.9 Å². The molecular weight excluding hydrogens is 397 g/mol. The van der Waals surface area contributed by atoms with Crippen LogP contribution < -0.4 is 16.6 Å². The molecule has 0 aliphatic carbocycles. The van der Waals surface area contributed by atoms with Crippen LogP contribution in [-0.4, -0.2) is 67.8 Å². The maximum Gasteiger partial charge on any atom is 0.353 e. The summed E-state index contributed by atoms with van der Waals surface area (Å²) in [6, 6.07) is 1.10. The van der Waals surface area contributed by atoms with Gasteiger partial charge in [0.05, 0.1) is 13.2 Å². The molecule has 0 aliphatic heterocycles. The summed E-state index contributed by atoms with van der Waals surface area (Å²) in [6.45, 7) is -1.08. The van der Waals surface area contributed by atoms with Crippen molar-refractivity contribution in [1.82, 2.24) is 14.9 Å². The molecule has 0 bridgehead atoms. The first-order valence-electron chi connectivity index (χ1n) is 8.05. The van der Waals surface area contributed by atoms with E-state index in [1.54, 1.807) is 0 Å². The number of aromatic nitrogens is 2. The SMILES string of the molecule is CNC(=O)COC[C@@H](O[C@H](/C=C/P(=O)(OC)OC)CO)n1ccc(=O)[nH]c1=O. The van der Waals surface area contributed by atoms with E-state index >= 15 is 0 Å². The van der Waals surface area contributed by atoms with E-state index < -0.39 is 43.7 Å². The highest BCUT2D eigenvalue weighted by atomic mass is 31.2. The molecule has 2 atom stereocenters. The Hall–Kier alpha value is -2.08. The average molecular weight is 421 g/mol. The minimum absolute atomic E-state index is 0.254. The highest BCUT2D eigenvalue weighted by molar-refractivity contribution is 7.57. The number of carbonyl (C=O) groups is 1. The molecule has 0 fully saturated rings. The monoisotopic (exact) mass is 421 g/mol. The van der Waals surface area contributed by atoms with Gasteiger partial charge in [0.1, 0.15) is 12.7 Å². The van der Waals surface area contributed by atoms with Crippen LogP contribution in [0.1, 0.15) is 6.23 Å². The minimum Gasteiger partial charge on any atom is -0.393 e. The zero-order chi connectivity index (χ0) is 21.2. The molecule has 0 radical (unpaired) electrons. The van der Waals surface area contributed by atoms with Crippen molar-refractivity contribution in [3.8, 4) is 0 Å². The number of ether oxygens (including phenoxy) is 2. The maximum atomic E-state index is 12.1. The van der Waals surface area contributed by atoms with Gasteiger partial charge in [0, 0.05) is 39.3 Å². The number of aliphatic hydroxyl groups excluding tert-OH is 1. The van der Waals surface area contributed by atoms with Gasteiger partial charge < -0.3 is 28.9 Å². The second-order valence-corrected chi connectivity index (χ2v) is 7.37. The van der Waals surface area contributed by atoms with Gasteiger partial charge in [-0.05, 0) is 6.08 Å². The Balaban J connectivity index is 3.03. The Labute approximate surface area is 160 Å². The molecule has 13 heteroatoms. The number of nitrogens with one attached hydrogen (secondary N) is 2. The van der Waals surface area contributed by atoms with Gasteiger partial charge in [-0.2, -0.15) is 0 Å². The van der Waals surface area contributed by atoms with Crippen molar-refractivity contribution in [1.29, 1.82) is 0 Å². The van der Waals surface area contributed by atoms with Crippen LogP contribution in [0, 0.1) is 0 Å². The summed E-state index contributed by atoms with van der Waals surface area (Å²) >= 11 is 0. The van der Waals surface area contributed by atoms with Crippen LogP contribution in [0.2, 0.25) is 0 Å². The number of carbonyl (C=O) groups excluding carboxylic acids is 1. The third-order valence-corrected chi connectivity index (χ3v) is 4.99. The number of aromatic amines is 1. The molecule has 28 heavy (non-hydrogen) atoms. The van der Waals surface area contributed by atoms with Crippen LogP contribution in [0.25, 0.3) is 0 Å². The van der Waals surface area contributed by atoms with Crippen LogP contribution in [0.15, 0.2) is 33.7 Å². The standard InChI is InChI=1S/C15H24N3O9P/c1-16-13(21)9-26-10-14(18-6-4-12(20)17-15(18)22)27-11(8-19)5-7-28(23,24-2)25-3/h4-7,11,14,19H,8-10H2,1-3H3,(H,16,21)(H,17,20,22)/b7-5+/t11-,14-/m1/s1. The predicted octanol–water partition coefficient (Wildman–Crippen LogP) is -0.825. The first kappa shape index (κ1) is 24.0. The maximum absolute atomic E-state index is 12.1. The summed E-state index contributed by atoms with van der Waals surface area (Å²) < 4.78 is 33.4. The number of likely N-dealkylation sites (N-methyl/N-ethyl adjacent to an activating group) is 1. The molecule has 0 saturated carbocycles. The van der Waals surface area contributed by atoms with Gasteiger partial charge in [-0.1, -0.05) is 0 Å². The second-order valence-electron chi connectivity index (χ2n) is 5.26. The molecular formula is C15H24N3O9P. The summed E-state index contributed by atoms with van der Waals surface area (Å²) in [4.78, 5) is 36.7. The quantitative estimate of drug-likeness (QED) is 0.366. The fourth-order valence-electron chi connectivity index (χ4n) is 1.91. The average Bonchev–Trinajstić information content (AvgIpc) is 2.69. The topological polar surface area (TPSA) is 158 Å². The number of aliphatic hydroxyl groups is 1. The van der Waals surface area contributed by atoms with Crippen molar-refractivity contribution in [3.05, 3.63) is 45.0 Å². The molecule has 0 unspecified atom stereocenters. The third-order valence-electron chi connectivity index (χ3n) is 3.44. The van der Waals surface area contributed by atoms with E-state index in [1.807, 2.05) is 0 Å². The molecule has 1 aromatic heterocycles. The first-order valence-corrected chi connectivity index (χ1v) is 9.66. The fourth-order valence-corrected chi connectivity index (χ4v) is 2.71. The molecule has 1 amide bonds. The van der Waals surface area contributed by atoms with Gasteiger partial charge in [0.15, 0.2) is 6.23 Å². The van der Waals surface area contributed by atoms with Crippen molar-refractivity contribution in [2.24, 2.45) is 0 Å². The third kappa shape index (κ3) is 7.50. The predicted molar refractivity (Wildman–Crippen MR) is 98.0 cm³/mol. The summed E-state index contributed by atoms with van der Waals surface area (Å²) in [5.74, 6) is 0.707. The Bertz CT molecular complexity index is 811. The van der Waals surface area contributed by atoms with Gasteiger partial charge in [-0.15, -0.1) is 0 Å². The highest BCUT2D eigenvalue weighted by Gasteiger charge is 2.21. The van der Waals surface area contributed by atoms with Gasteiger partial charge in [-0.25, -0.2) is 4.79 Å². The molecule has 0 spiro atoms. The number of hydrogen-bond donors (Lipinski definition) is 3. The fraction of sp³-hybridized carbons (Fsp3) is 0.533. The molecule has 12 nitrogen and oxygen atoms in total. The van der Waals surface area contributed by atoms with Gasteiger partial charge in [0.25, 0.3) is 5.56 Å². The van der Waals surface area contributed by atoms with E-state index in [1.165, 1.54) is 33.5 Å². The lowest BCUT2D eigenvalue weighted by Gasteiger charge is -2.23. The van der Waals surface area contributed by atoms with Gasteiger partial charge >= 0.3 is 13.3 Å². The van der Waals surface area contributed by atoms with E-state index in [-0.39, 0.29) is 13.2 Å². The Morgan fingerprint density at radius 2 is 2.07 bits per heavy atom. The van der Waals surface area contributed by atoms with Gasteiger partial charge in [-0.3, -0.25) is 23.7 Å². The van der Waals surface area contributed by atoms with E-state index in [0.717, 1.165) is 16.5 Å². The molecule has 1 rings (SSSR count). The van der Waals surface area contributed by atoms with Crippen LogP contribution in [0.4, 0.5) is 0 Å².